The highest BCUT2D eigenvalue weighted by Gasteiger charge is 2.19. The first-order chi connectivity index (χ1) is 12.1. The number of nitrogens with zero attached hydrogens (tertiary/aromatic N) is 1. The molecule has 0 aliphatic carbocycles. The van der Waals surface area contributed by atoms with E-state index in [-0.39, 0.29) is 11.7 Å². The van der Waals surface area contributed by atoms with Crippen LogP contribution in [0.1, 0.15) is 36.5 Å². The molecule has 0 unspecified atom stereocenters. The molecule has 132 valence electrons. The Morgan fingerprint density at radius 3 is 2.32 bits per heavy atom. The minimum atomic E-state index is -0.194. The first-order valence-corrected chi connectivity index (χ1v) is 8.93. The van der Waals surface area contributed by atoms with E-state index in [1.807, 2.05) is 17.0 Å². The Hall–Kier alpha value is -2.20. The summed E-state index contributed by atoms with van der Waals surface area (Å²) in [4.78, 5) is 13.6. The van der Waals surface area contributed by atoms with Crippen LogP contribution < -0.4 is 5.32 Å². The zero-order chi connectivity index (χ0) is 17.6. The second kappa shape index (κ2) is 8.26. The molecule has 1 fully saturated rings. The highest BCUT2D eigenvalue weighted by molar-refractivity contribution is 5.78. The van der Waals surface area contributed by atoms with Crippen molar-refractivity contribution in [3.8, 4) is 0 Å². The first kappa shape index (κ1) is 17.6. The number of hydrogen-bond donors (Lipinski definition) is 1. The smallest absolute Gasteiger partial charge is 0.222 e. The number of rotatable bonds is 7. The molecule has 3 rings (SSSR count). The van der Waals surface area contributed by atoms with Gasteiger partial charge in [-0.1, -0.05) is 36.4 Å². The molecule has 0 radical (unpaired) electrons. The molecule has 25 heavy (non-hydrogen) atoms. The maximum absolute atomic E-state index is 12.9. The summed E-state index contributed by atoms with van der Waals surface area (Å²) in [5, 5.41) is 3.50. The topological polar surface area (TPSA) is 32.3 Å². The quantitative estimate of drug-likeness (QED) is 0.834. The summed E-state index contributed by atoms with van der Waals surface area (Å²) in [5.74, 6) is 0.0699. The van der Waals surface area contributed by atoms with Crippen molar-refractivity contribution in [1.29, 1.82) is 0 Å². The lowest BCUT2D eigenvalue weighted by atomic mass is 10.1. The van der Waals surface area contributed by atoms with E-state index in [1.165, 1.54) is 23.3 Å². The molecule has 1 aliphatic rings. The molecule has 1 heterocycles. The summed E-state index contributed by atoms with van der Waals surface area (Å²) in [6.07, 6.45) is 2.54. The van der Waals surface area contributed by atoms with Gasteiger partial charge in [-0.25, -0.2) is 4.39 Å². The predicted octanol–water partition coefficient (Wildman–Crippen LogP) is 3.67. The Kier molecular flexibility index (Phi) is 5.82. The lowest BCUT2D eigenvalue weighted by Crippen LogP contribution is -2.27. The van der Waals surface area contributed by atoms with E-state index in [4.69, 9.17) is 0 Å². The molecule has 3 nitrogen and oxygen atoms in total. The maximum atomic E-state index is 12.9. The summed E-state index contributed by atoms with van der Waals surface area (Å²) in [5.41, 5.74) is 3.54. The molecule has 4 heteroatoms. The third-order valence-electron chi connectivity index (χ3n) is 4.68. The van der Waals surface area contributed by atoms with Crippen LogP contribution in [-0.2, 0) is 24.3 Å². The number of hydrogen-bond acceptors (Lipinski definition) is 2. The first-order valence-electron chi connectivity index (χ1n) is 8.93. The molecule has 1 saturated heterocycles. The van der Waals surface area contributed by atoms with E-state index in [2.05, 4.69) is 36.5 Å². The van der Waals surface area contributed by atoms with Crippen LogP contribution in [0.4, 0.5) is 4.39 Å². The second-order valence-corrected chi connectivity index (χ2v) is 6.85. The Balaban J connectivity index is 1.46. The van der Waals surface area contributed by atoms with Crippen molar-refractivity contribution in [2.75, 3.05) is 6.54 Å². The van der Waals surface area contributed by atoms with E-state index in [9.17, 15) is 9.18 Å². The van der Waals surface area contributed by atoms with E-state index >= 15 is 0 Å². The second-order valence-electron chi connectivity index (χ2n) is 6.85. The van der Waals surface area contributed by atoms with Gasteiger partial charge in [0.2, 0.25) is 5.91 Å². The Bertz CT molecular complexity index is 697. The molecular weight excluding hydrogens is 315 g/mol. The normalized spacial score (nSPS) is 15.6. The number of likely N-dealkylation sites (tertiary alicyclic amines) is 1. The number of carbonyl (C=O) groups excluding carboxylic acids is 1. The molecule has 1 aliphatic heterocycles. The summed E-state index contributed by atoms with van der Waals surface area (Å²) in [7, 11) is 0. The number of halogens is 1. The maximum Gasteiger partial charge on any atom is 0.222 e. The van der Waals surface area contributed by atoms with Crippen molar-refractivity contribution in [1.82, 2.24) is 10.2 Å². The monoisotopic (exact) mass is 340 g/mol. The van der Waals surface area contributed by atoms with Gasteiger partial charge in [0.05, 0.1) is 0 Å². The van der Waals surface area contributed by atoms with Gasteiger partial charge in [-0.15, -0.1) is 0 Å². The highest BCUT2D eigenvalue weighted by Crippen LogP contribution is 2.15. The van der Waals surface area contributed by atoms with Gasteiger partial charge in [-0.2, -0.15) is 0 Å². The van der Waals surface area contributed by atoms with Crippen LogP contribution in [0.15, 0.2) is 48.5 Å². The summed E-state index contributed by atoms with van der Waals surface area (Å²) in [6.45, 7) is 4.53. The van der Waals surface area contributed by atoms with Gasteiger partial charge in [0, 0.05) is 32.1 Å². The van der Waals surface area contributed by atoms with Crippen LogP contribution in [0.5, 0.6) is 0 Å². The Labute approximate surface area is 148 Å². The summed E-state index contributed by atoms with van der Waals surface area (Å²) < 4.78 is 12.9. The van der Waals surface area contributed by atoms with Crippen molar-refractivity contribution in [3.63, 3.8) is 0 Å². The molecule has 1 amide bonds. The third kappa shape index (κ3) is 5.13. The molecule has 1 N–H and O–H groups in total. The van der Waals surface area contributed by atoms with Crippen LogP contribution in [0, 0.1) is 5.82 Å². The molecule has 1 atom stereocenters. The van der Waals surface area contributed by atoms with E-state index in [0.29, 0.717) is 19.0 Å². The van der Waals surface area contributed by atoms with Crippen LogP contribution in [0.3, 0.4) is 0 Å². The summed E-state index contributed by atoms with van der Waals surface area (Å²) >= 11 is 0. The van der Waals surface area contributed by atoms with Gasteiger partial charge in [0.15, 0.2) is 0 Å². The van der Waals surface area contributed by atoms with E-state index in [1.54, 1.807) is 0 Å². The van der Waals surface area contributed by atoms with Gasteiger partial charge >= 0.3 is 0 Å². The molecule has 2 aromatic rings. The Morgan fingerprint density at radius 2 is 1.68 bits per heavy atom. The third-order valence-corrected chi connectivity index (χ3v) is 4.68. The fourth-order valence-electron chi connectivity index (χ4n) is 3.19. The number of amides is 1. The average Bonchev–Trinajstić information content (AvgIpc) is 3.01. The molecular formula is C21H25FN2O. The standard InChI is InChI=1S/C21H25FN2O/c1-16(13-17-8-10-20(22)11-9-17)23-14-18-4-6-19(7-5-18)15-24-12-2-3-21(24)25/h4-11,16,23H,2-3,12-15H2,1H3/t16-/m0/s1. The minimum Gasteiger partial charge on any atom is -0.338 e. The molecule has 0 spiro atoms. The lowest BCUT2D eigenvalue weighted by Gasteiger charge is -2.16. The van der Waals surface area contributed by atoms with Gasteiger partial charge in [0.1, 0.15) is 5.82 Å². The number of carbonyl (C=O) groups is 1. The molecule has 0 bridgehead atoms. The SMILES string of the molecule is C[C@@H](Cc1ccc(F)cc1)NCc1ccc(CN2CCCC2=O)cc1. The molecule has 2 aromatic carbocycles. The largest absolute Gasteiger partial charge is 0.338 e. The van der Waals surface area contributed by atoms with Crippen molar-refractivity contribution in [2.45, 2.75) is 45.3 Å². The van der Waals surface area contributed by atoms with Gasteiger partial charge in [0.25, 0.3) is 0 Å². The average molecular weight is 340 g/mol. The summed E-state index contributed by atoms with van der Waals surface area (Å²) in [6, 6.07) is 15.4. The fourth-order valence-corrected chi connectivity index (χ4v) is 3.19. The van der Waals surface area contributed by atoms with E-state index in [0.717, 1.165) is 31.5 Å². The van der Waals surface area contributed by atoms with Crippen molar-refractivity contribution in [2.24, 2.45) is 0 Å². The zero-order valence-electron chi connectivity index (χ0n) is 14.7. The van der Waals surface area contributed by atoms with Crippen LogP contribution in [0.25, 0.3) is 0 Å². The number of benzene rings is 2. The van der Waals surface area contributed by atoms with Crippen LogP contribution in [-0.4, -0.2) is 23.4 Å². The number of nitrogens with one attached hydrogen (secondary N) is 1. The van der Waals surface area contributed by atoms with Crippen LogP contribution in [0.2, 0.25) is 0 Å². The zero-order valence-corrected chi connectivity index (χ0v) is 14.7. The van der Waals surface area contributed by atoms with Crippen LogP contribution >= 0.6 is 0 Å². The Morgan fingerprint density at radius 1 is 1.04 bits per heavy atom. The predicted molar refractivity (Wildman–Crippen MR) is 97.5 cm³/mol. The van der Waals surface area contributed by atoms with Gasteiger partial charge in [-0.3, -0.25) is 4.79 Å². The lowest BCUT2D eigenvalue weighted by molar-refractivity contribution is -0.128. The van der Waals surface area contributed by atoms with Gasteiger partial charge < -0.3 is 10.2 Å². The highest BCUT2D eigenvalue weighted by atomic mass is 19.1. The van der Waals surface area contributed by atoms with Crippen molar-refractivity contribution < 1.29 is 9.18 Å². The van der Waals surface area contributed by atoms with E-state index < -0.39 is 0 Å². The van der Waals surface area contributed by atoms with Crippen molar-refractivity contribution in [3.05, 3.63) is 71.0 Å². The van der Waals surface area contributed by atoms with Gasteiger partial charge in [-0.05, 0) is 48.6 Å². The molecule has 0 aromatic heterocycles. The minimum absolute atomic E-state index is 0.194. The fraction of sp³-hybridized carbons (Fsp3) is 0.381. The van der Waals surface area contributed by atoms with Crippen molar-refractivity contribution >= 4 is 5.91 Å². The molecule has 0 saturated carbocycles.